The van der Waals surface area contributed by atoms with Crippen LogP contribution in [0.1, 0.15) is 38.2 Å². The van der Waals surface area contributed by atoms with Crippen molar-refractivity contribution in [2.24, 2.45) is 0 Å². The number of carbonyl (C=O) groups is 1. The minimum Gasteiger partial charge on any atom is -0.497 e. The Hall–Kier alpha value is -2.54. The Kier molecular flexibility index (Phi) is 7.45. The number of sulfonamides is 1. The number of nitrogens with zero attached hydrogens (tertiary/aromatic N) is 1. The van der Waals surface area contributed by atoms with Crippen molar-refractivity contribution in [2.45, 2.75) is 32.6 Å². The van der Waals surface area contributed by atoms with Crippen LogP contribution in [0.15, 0.2) is 48.5 Å². The van der Waals surface area contributed by atoms with Gasteiger partial charge in [-0.25, -0.2) is 8.42 Å². The smallest absolute Gasteiger partial charge is 0.232 e. The van der Waals surface area contributed by atoms with E-state index in [2.05, 4.69) is 19.2 Å². The Morgan fingerprint density at radius 1 is 1.11 bits per heavy atom. The van der Waals surface area contributed by atoms with Crippen molar-refractivity contribution in [1.82, 2.24) is 0 Å². The molecule has 0 aliphatic carbocycles. The molecule has 6 nitrogen and oxygen atoms in total. The largest absolute Gasteiger partial charge is 0.497 e. The lowest BCUT2D eigenvalue weighted by Gasteiger charge is -2.22. The lowest BCUT2D eigenvalue weighted by molar-refractivity contribution is -0.116. The van der Waals surface area contributed by atoms with E-state index in [-0.39, 0.29) is 18.9 Å². The highest BCUT2D eigenvalue weighted by Crippen LogP contribution is 2.24. The van der Waals surface area contributed by atoms with Crippen molar-refractivity contribution < 1.29 is 17.9 Å². The second-order valence-corrected chi connectivity index (χ2v) is 8.83. The van der Waals surface area contributed by atoms with E-state index in [1.807, 2.05) is 24.3 Å². The first-order valence-corrected chi connectivity index (χ1v) is 11.1. The molecule has 0 atom stereocenters. The standard InChI is InChI=1S/C21H28N2O4S/c1-16(2)19-8-5-6-9-20(19)22-21(24)10-7-15-23(28(4,25)26)17-11-13-18(27-3)14-12-17/h5-6,8-9,11-14,16H,7,10,15H2,1-4H3,(H,22,24). The Bertz CT molecular complexity index is 893. The summed E-state index contributed by atoms with van der Waals surface area (Å²) in [6, 6.07) is 14.5. The summed E-state index contributed by atoms with van der Waals surface area (Å²) in [6.07, 6.45) is 1.81. The Labute approximate surface area is 167 Å². The van der Waals surface area contributed by atoms with Crippen LogP contribution in [0.4, 0.5) is 11.4 Å². The molecule has 0 bridgehead atoms. The summed E-state index contributed by atoms with van der Waals surface area (Å²) in [7, 11) is -1.90. The van der Waals surface area contributed by atoms with Crippen LogP contribution >= 0.6 is 0 Å². The summed E-state index contributed by atoms with van der Waals surface area (Å²) in [4.78, 5) is 12.3. The Balaban J connectivity index is 1.99. The van der Waals surface area contributed by atoms with Crippen molar-refractivity contribution in [3.05, 3.63) is 54.1 Å². The highest BCUT2D eigenvalue weighted by Gasteiger charge is 2.18. The van der Waals surface area contributed by atoms with Gasteiger partial charge in [0, 0.05) is 18.7 Å². The first kappa shape index (κ1) is 21.8. The summed E-state index contributed by atoms with van der Waals surface area (Å²) >= 11 is 0. The molecule has 2 aromatic rings. The molecule has 2 rings (SSSR count). The third kappa shape index (κ3) is 5.99. The van der Waals surface area contributed by atoms with Crippen molar-refractivity contribution in [3.8, 4) is 5.75 Å². The van der Waals surface area contributed by atoms with E-state index < -0.39 is 10.0 Å². The second kappa shape index (κ2) is 9.59. The molecule has 7 heteroatoms. The summed E-state index contributed by atoms with van der Waals surface area (Å²) in [5.74, 6) is 0.823. The highest BCUT2D eigenvalue weighted by atomic mass is 32.2. The topological polar surface area (TPSA) is 75.7 Å². The van der Waals surface area contributed by atoms with Crippen LogP contribution in [0.2, 0.25) is 0 Å². The average molecular weight is 405 g/mol. The molecule has 0 saturated carbocycles. The van der Waals surface area contributed by atoms with E-state index in [9.17, 15) is 13.2 Å². The van der Waals surface area contributed by atoms with Crippen LogP contribution in [-0.2, 0) is 14.8 Å². The fraction of sp³-hybridized carbons (Fsp3) is 0.381. The number of amides is 1. The molecule has 152 valence electrons. The fourth-order valence-corrected chi connectivity index (χ4v) is 3.91. The van der Waals surface area contributed by atoms with Gasteiger partial charge in [0.2, 0.25) is 15.9 Å². The van der Waals surface area contributed by atoms with E-state index in [4.69, 9.17) is 4.74 Å². The third-order valence-corrected chi connectivity index (χ3v) is 5.58. The summed E-state index contributed by atoms with van der Waals surface area (Å²) in [5.41, 5.74) is 2.43. The van der Waals surface area contributed by atoms with Gasteiger partial charge in [-0.2, -0.15) is 0 Å². The quantitative estimate of drug-likeness (QED) is 0.685. The van der Waals surface area contributed by atoms with E-state index >= 15 is 0 Å². The molecule has 0 saturated heterocycles. The molecule has 0 spiro atoms. The molecule has 0 aliphatic heterocycles. The number of rotatable bonds is 9. The molecule has 0 aromatic heterocycles. The van der Waals surface area contributed by atoms with Crippen molar-refractivity contribution in [2.75, 3.05) is 29.5 Å². The zero-order valence-electron chi connectivity index (χ0n) is 16.8. The predicted octanol–water partition coefficient (Wildman–Crippen LogP) is 4.00. The number of hydrogen-bond donors (Lipinski definition) is 1. The van der Waals surface area contributed by atoms with Crippen LogP contribution in [-0.4, -0.2) is 34.2 Å². The van der Waals surface area contributed by atoms with Crippen LogP contribution in [0.25, 0.3) is 0 Å². The summed E-state index contributed by atoms with van der Waals surface area (Å²) in [6.45, 7) is 4.37. The normalized spacial score (nSPS) is 11.3. The van der Waals surface area contributed by atoms with Crippen molar-refractivity contribution >= 4 is 27.3 Å². The number of nitrogens with one attached hydrogen (secondary N) is 1. The van der Waals surface area contributed by atoms with Gasteiger partial charge in [-0.05, 0) is 48.2 Å². The molecular formula is C21H28N2O4S. The summed E-state index contributed by atoms with van der Waals surface area (Å²) in [5, 5.41) is 2.94. The number of anilines is 2. The van der Waals surface area contributed by atoms with Gasteiger partial charge < -0.3 is 10.1 Å². The minimum absolute atomic E-state index is 0.128. The molecule has 0 fully saturated rings. The van der Waals surface area contributed by atoms with Crippen LogP contribution in [0.5, 0.6) is 5.75 Å². The maximum Gasteiger partial charge on any atom is 0.232 e. The molecule has 0 aliphatic rings. The summed E-state index contributed by atoms with van der Waals surface area (Å²) < 4.78 is 30.8. The molecule has 1 amide bonds. The number of para-hydroxylation sites is 1. The third-order valence-electron chi connectivity index (χ3n) is 4.38. The highest BCUT2D eigenvalue weighted by molar-refractivity contribution is 7.92. The van der Waals surface area contributed by atoms with Crippen LogP contribution in [0.3, 0.4) is 0 Å². The molecular weight excluding hydrogens is 376 g/mol. The molecule has 0 unspecified atom stereocenters. The lowest BCUT2D eigenvalue weighted by atomic mass is 10.0. The van der Waals surface area contributed by atoms with E-state index in [1.54, 1.807) is 31.4 Å². The predicted molar refractivity (Wildman–Crippen MR) is 114 cm³/mol. The van der Waals surface area contributed by atoms with Gasteiger partial charge in [-0.15, -0.1) is 0 Å². The van der Waals surface area contributed by atoms with Gasteiger partial charge in [0.1, 0.15) is 5.75 Å². The fourth-order valence-electron chi connectivity index (χ4n) is 2.95. The van der Waals surface area contributed by atoms with Crippen LogP contribution < -0.4 is 14.4 Å². The SMILES string of the molecule is COc1ccc(N(CCCC(=O)Nc2ccccc2C(C)C)S(C)(=O)=O)cc1. The molecule has 2 aromatic carbocycles. The Morgan fingerprint density at radius 3 is 2.32 bits per heavy atom. The zero-order chi connectivity index (χ0) is 20.7. The molecule has 1 N–H and O–H groups in total. The number of carbonyl (C=O) groups excluding carboxylic acids is 1. The van der Waals surface area contributed by atoms with Gasteiger partial charge in [-0.3, -0.25) is 9.10 Å². The zero-order valence-corrected chi connectivity index (χ0v) is 17.6. The number of benzene rings is 2. The van der Waals surface area contributed by atoms with E-state index in [1.165, 1.54) is 4.31 Å². The number of methoxy groups -OCH3 is 1. The Morgan fingerprint density at radius 2 is 1.75 bits per heavy atom. The number of ether oxygens (including phenoxy) is 1. The second-order valence-electron chi connectivity index (χ2n) is 6.93. The minimum atomic E-state index is -3.45. The maximum absolute atomic E-state index is 12.3. The van der Waals surface area contributed by atoms with Gasteiger partial charge >= 0.3 is 0 Å². The van der Waals surface area contributed by atoms with E-state index in [0.29, 0.717) is 23.8 Å². The number of hydrogen-bond acceptors (Lipinski definition) is 4. The maximum atomic E-state index is 12.3. The van der Waals surface area contributed by atoms with Gasteiger partial charge in [-0.1, -0.05) is 32.0 Å². The molecule has 28 heavy (non-hydrogen) atoms. The molecule has 0 heterocycles. The van der Waals surface area contributed by atoms with Gasteiger partial charge in [0.05, 0.1) is 19.1 Å². The first-order valence-electron chi connectivity index (χ1n) is 9.23. The first-order chi connectivity index (χ1) is 13.2. The monoisotopic (exact) mass is 404 g/mol. The van der Waals surface area contributed by atoms with Crippen molar-refractivity contribution in [1.29, 1.82) is 0 Å². The molecule has 0 radical (unpaired) electrons. The van der Waals surface area contributed by atoms with Crippen LogP contribution in [0, 0.1) is 0 Å². The average Bonchev–Trinajstić information content (AvgIpc) is 2.64. The lowest BCUT2D eigenvalue weighted by Crippen LogP contribution is -2.31. The van der Waals surface area contributed by atoms with Gasteiger partial charge in [0.25, 0.3) is 0 Å². The van der Waals surface area contributed by atoms with Gasteiger partial charge in [0.15, 0.2) is 0 Å². The van der Waals surface area contributed by atoms with Crippen molar-refractivity contribution in [3.63, 3.8) is 0 Å². The van der Waals surface area contributed by atoms with E-state index in [0.717, 1.165) is 17.5 Å².